The number of rotatable bonds is 7. The fourth-order valence-electron chi connectivity index (χ4n) is 3.62. The normalized spacial score (nSPS) is 13.6. The van der Waals surface area contributed by atoms with Crippen molar-refractivity contribution in [1.29, 1.82) is 0 Å². The molecule has 2 aromatic carbocycles. The van der Waals surface area contributed by atoms with Gasteiger partial charge in [-0.05, 0) is 36.4 Å². The van der Waals surface area contributed by atoms with Gasteiger partial charge in [-0.2, -0.15) is 0 Å². The van der Waals surface area contributed by atoms with Gasteiger partial charge in [0.2, 0.25) is 0 Å². The molecule has 30 heavy (non-hydrogen) atoms. The van der Waals surface area contributed by atoms with E-state index in [0.29, 0.717) is 0 Å². The summed E-state index contributed by atoms with van der Waals surface area (Å²) in [6, 6.07) is 14.3. The number of hydrogen-bond donors (Lipinski definition) is 0. The second kappa shape index (κ2) is 11.4. The van der Waals surface area contributed by atoms with Crippen molar-refractivity contribution in [3.05, 3.63) is 48.0 Å². The van der Waals surface area contributed by atoms with E-state index in [9.17, 15) is 4.79 Å². The molecule has 1 aliphatic heterocycles. The van der Waals surface area contributed by atoms with E-state index >= 15 is 0 Å². The van der Waals surface area contributed by atoms with Crippen LogP contribution >= 0.6 is 24.2 Å². The number of piperazine rings is 1. The van der Waals surface area contributed by atoms with Gasteiger partial charge in [-0.1, -0.05) is 25.1 Å². The van der Waals surface area contributed by atoms with Crippen molar-refractivity contribution in [3.8, 4) is 5.75 Å². The molecule has 0 atom stereocenters. The quantitative estimate of drug-likeness (QED) is 0.575. The van der Waals surface area contributed by atoms with Crippen LogP contribution in [-0.4, -0.2) is 63.9 Å². The molecule has 1 saturated heterocycles. The molecule has 1 aliphatic rings. The second-order valence-electron chi connectivity index (χ2n) is 7.35. The Morgan fingerprint density at radius 1 is 1.00 bits per heavy atom. The van der Waals surface area contributed by atoms with Crippen LogP contribution in [0.3, 0.4) is 0 Å². The van der Waals surface area contributed by atoms with Crippen LogP contribution in [0.15, 0.2) is 47.4 Å². The fourth-order valence-corrected chi connectivity index (χ4v) is 4.68. The van der Waals surface area contributed by atoms with Crippen LogP contribution in [0.4, 0.5) is 11.4 Å². The number of para-hydroxylation sites is 2. The zero-order valence-corrected chi connectivity index (χ0v) is 19.9. The number of benzene rings is 2. The Morgan fingerprint density at radius 3 is 2.20 bits per heavy atom. The van der Waals surface area contributed by atoms with E-state index in [1.165, 1.54) is 5.69 Å². The van der Waals surface area contributed by atoms with E-state index in [1.807, 2.05) is 38.4 Å². The largest absolute Gasteiger partial charge is 0.495 e. The third-order valence-electron chi connectivity index (χ3n) is 5.13. The minimum absolute atomic E-state index is 0. The molecule has 0 spiro atoms. The first kappa shape index (κ1) is 24.2. The maximum atomic E-state index is 12.7. The summed E-state index contributed by atoms with van der Waals surface area (Å²) < 4.78 is 5.54. The Labute approximate surface area is 190 Å². The summed E-state index contributed by atoms with van der Waals surface area (Å²) in [5.41, 5.74) is 3.13. The van der Waals surface area contributed by atoms with Gasteiger partial charge in [0.25, 0.3) is 5.91 Å². The van der Waals surface area contributed by atoms with Crippen LogP contribution < -0.4 is 14.5 Å². The van der Waals surface area contributed by atoms with E-state index < -0.39 is 0 Å². The molecule has 0 unspecified atom stereocenters. The Morgan fingerprint density at radius 2 is 1.60 bits per heavy atom. The van der Waals surface area contributed by atoms with Gasteiger partial charge in [0, 0.05) is 45.2 Å². The molecule has 0 N–H and O–H groups in total. The number of thioether (sulfide) groups is 1. The highest BCUT2D eigenvalue weighted by Gasteiger charge is 2.24. The molecule has 2 aromatic rings. The molecule has 164 valence electrons. The predicted octanol–water partition coefficient (Wildman–Crippen LogP) is 4.65. The first-order valence-corrected chi connectivity index (χ1v) is 11.2. The van der Waals surface area contributed by atoms with Gasteiger partial charge in [-0.3, -0.25) is 4.79 Å². The molecule has 3 rings (SSSR count). The lowest BCUT2D eigenvalue weighted by Gasteiger charge is -2.38. The highest BCUT2D eigenvalue weighted by Crippen LogP contribution is 2.36. The summed E-state index contributed by atoms with van der Waals surface area (Å²) in [7, 11) is 5.35. The Hall–Kier alpha value is -2.05. The van der Waals surface area contributed by atoms with Gasteiger partial charge < -0.3 is 19.4 Å². The van der Waals surface area contributed by atoms with Gasteiger partial charge in [0.05, 0.1) is 24.0 Å². The van der Waals surface area contributed by atoms with E-state index in [-0.39, 0.29) is 18.3 Å². The van der Waals surface area contributed by atoms with Gasteiger partial charge in [-0.15, -0.1) is 24.2 Å². The zero-order valence-electron chi connectivity index (χ0n) is 18.3. The van der Waals surface area contributed by atoms with E-state index in [0.717, 1.165) is 60.2 Å². The second-order valence-corrected chi connectivity index (χ2v) is 8.45. The number of halogens is 1. The van der Waals surface area contributed by atoms with E-state index in [1.54, 1.807) is 23.8 Å². The summed E-state index contributed by atoms with van der Waals surface area (Å²) in [5, 5.41) is 0. The standard InChI is InChI=1S/C23H31N3O2S.ClH/c1-5-17-29-22-18(23(27)24(2)3)9-8-11-20(22)26-15-13-25(14-16-26)19-10-6-7-12-21(19)28-4;/h6-12H,5,13-17H2,1-4H3;1H. The minimum atomic E-state index is 0. The number of hydrogen-bond acceptors (Lipinski definition) is 5. The zero-order chi connectivity index (χ0) is 20.8. The number of carbonyl (C=O) groups excluding carboxylic acids is 1. The molecule has 1 amide bonds. The number of amides is 1. The lowest BCUT2D eigenvalue weighted by atomic mass is 10.1. The van der Waals surface area contributed by atoms with Crippen molar-refractivity contribution in [1.82, 2.24) is 4.90 Å². The molecule has 5 nitrogen and oxygen atoms in total. The van der Waals surface area contributed by atoms with Gasteiger partial charge >= 0.3 is 0 Å². The molecule has 1 fully saturated rings. The summed E-state index contributed by atoms with van der Waals surface area (Å²) in [6.45, 7) is 5.85. The number of anilines is 2. The number of nitrogens with zero attached hydrogens (tertiary/aromatic N) is 3. The molecular formula is C23H32ClN3O2S. The van der Waals surface area contributed by atoms with Crippen LogP contribution in [0.25, 0.3) is 0 Å². The first-order valence-electron chi connectivity index (χ1n) is 10.2. The van der Waals surface area contributed by atoms with Gasteiger partial charge in [0.15, 0.2) is 0 Å². The molecule has 0 bridgehead atoms. The lowest BCUT2D eigenvalue weighted by molar-refractivity contribution is 0.0824. The Balaban J connectivity index is 0.00000320. The lowest BCUT2D eigenvalue weighted by Crippen LogP contribution is -2.47. The van der Waals surface area contributed by atoms with Crippen molar-refractivity contribution in [2.75, 3.05) is 62.9 Å². The maximum absolute atomic E-state index is 12.7. The average Bonchev–Trinajstić information content (AvgIpc) is 2.77. The van der Waals surface area contributed by atoms with Crippen LogP contribution in [0.2, 0.25) is 0 Å². The molecule has 0 saturated carbocycles. The summed E-state index contributed by atoms with van der Waals surface area (Å²) in [5.74, 6) is 1.99. The maximum Gasteiger partial charge on any atom is 0.254 e. The summed E-state index contributed by atoms with van der Waals surface area (Å²) in [4.78, 5) is 20.3. The highest BCUT2D eigenvalue weighted by atomic mass is 35.5. The third kappa shape index (κ3) is 5.35. The predicted molar refractivity (Wildman–Crippen MR) is 130 cm³/mol. The van der Waals surface area contributed by atoms with E-state index in [4.69, 9.17) is 4.74 Å². The average molecular weight is 450 g/mol. The minimum Gasteiger partial charge on any atom is -0.495 e. The van der Waals surface area contributed by atoms with Gasteiger partial charge in [-0.25, -0.2) is 0 Å². The fraction of sp³-hybridized carbons (Fsp3) is 0.435. The van der Waals surface area contributed by atoms with Crippen molar-refractivity contribution >= 4 is 41.5 Å². The van der Waals surface area contributed by atoms with Crippen molar-refractivity contribution in [2.24, 2.45) is 0 Å². The summed E-state index contributed by atoms with van der Waals surface area (Å²) in [6.07, 6.45) is 1.08. The van der Waals surface area contributed by atoms with Crippen LogP contribution in [-0.2, 0) is 0 Å². The first-order chi connectivity index (χ1) is 14.1. The van der Waals surface area contributed by atoms with Crippen LogP contribution in [0.1, 0.15) is 23.7 Å². The molecule has 0 aromatic heterocycles. The molecule has 0 aliphatic carbocycles. The SMILES string of the molecule is CCCSc1c(C(=O)N(C)C)cccc1N1CCN(c2ccccc2OC)CC1.Cl. The topological polar surface area (TPSA) is 36.0 Å². The molecular weight excluding hydrogens is 418 g/mol. The molecule has 7 heteroatoms. The molecule has 1 heterocycles. The monoisotopic (exact) mass is 449 g/mol. The Bertz CT molecular complexity index is 839. The number of carbonyl (C=O) groups is 1. The highest BCUT2D eigenvalue weighted by molar-refractivity contribution is 7.99. The number of ether oxygens (including phenoxy) is 1. The van der Waals surface area contributed by atoms with Gasteiger partial charge in [0.1, 0.15) is 5.75 Å². The van der Waals surface area contributed by atoms with Crippen molar-refractivity contribution < 1.29 is 9.53 Å². The molecule has 0 radical (unpaired) electrons. The Kier molecular flexibility index (Phi) is 9.18. The van der Waals surface area contributed by atoms with Crippen molar-refractivity contribution in [2.45, 2.75) is 18.2 Å². The van der Waals surface area contributed by atoms with E-state index in [2.05, 4.69) is 34.9 Å². The van der Waals surface area contributed by atoms with Crippen LogP contribution in [0, 0.1) is 0 Å². The third-order valence-corrected chi connectivity index (χ3v) is 6.46. The van der Waals surface area contributed by atoms with Crippen LogP contribution in [0.5, 0.6) is 5.75 Å². The van der Waals surface area contributed by atoms with Crippen molar-refractivity contribution in [3.63, 3.8) is 0 Å². The summed E-state index contributed by atoms with van der Waals surface area (Å²) >= 11 is 1.79. The smallest absolute Gasteiger partial charge is 0.254 e. The number of methoxy groups -OCH3 is 1.